The Kier molecular flexibility index (Phi) is 5.68. The van der Waals surface area contributed by atoms with Gasteiger partial charge in [-0.15, -0.1) is 0 Å². The van der Waals surface area contributed by atoms with E-state index in [4.69, 9.17) is 4.52 Å². The first-order valence-electron chi connectivity index (χ1n) is 8.53. The summed E-state index contributed by atoms with van der Waals surface area (Å²) in [6.07, 6.45) is -0.753. The molecule has 2 aromatic rings. The zero-order chi connectivity index (χ0) is 19.4. The van der Waals surface area contributed by atoms with E-state index in [1.807, 2.05) is 0 Å². The number of aromatic nitrogens is 4. The van der Waals surface area contributed by atoms with Crippen LogP contribution in [0, 0.1) is 0 Å². The second-order valence-electron chi connectivity index (χ2n) is 6.22. The Balaban J connectivity index is 1.47. The van der Waals surface area contributed by atoms with Crippen LogP contribution in [-0.4, -0.2) is 74.2 Å². The smallest absolute Gasteiger partial charge is 0.340 e. The predicted molar refractivity (Wildman–Crippen MR) is 87.3 cm³/mol. The van der Waals surface area contributed by atoms with Gasteiger partial charge >= 0.3 is 6.18 Å². The number of rotatable bonds is 5. The van der Waals surface area contributed by atoms with E-state index in [-0.39, 0.29) is 56.6 Å². The van der Waals surface area contributed by atoms with Gasteiger partial charge < -0.3 is 9.42 Å². The van der Waals surface area contributed by atoms with Crippen LogP contribution in [0.3, 0.4) is 0 Å². The molecule has 1 aliphatic rings. The van der Waals surface area contributed by atoms with E-state index in [0.29, 0.717) is 5.82 Å². The van der Waals surface area contributed by atoms with Gasteiger partial charge in [0.1, 0.15) is 6.04 Å². The fraction of sp³-hybridized carbons (Fsp3) is 0.562. The van der Waals surface area contributed by atoms with E-state index in [0.717, 1.165) is 6.92 Å². The molecule has 27 heavy (non-hydrogen) atoms. The highest BCUT2D eigenvalue weighted by Gasteiger charge is 2.41. The largest absolute Gasteiger partial charge is 0.403 e. The standard InChI is InChI=1S/C16H19F3N6O2/c1-11(16(17,18)19)24-7-9-25(10-8-24)13(26)4-3-12-22-15(23-27-12)14-20-5-2-6-21-14/h2,5-6,11H,3-4,7-10H2,1H3. The van der Waals surface area contributed by atoms with Gasteiger partial charge in [0.2, 0.25) is 23.4 Å². The third kappa shape index (κ3) is 4.79. The predicted octanol–water partition coefficient (Wildman–Crippen LogP) is 1.55. The minimum Gasteiger partial charge on any atom is -0.340 e. The Hall–Kier alpha value is -2.56. The lowest BCUT2D eigenvalue weighted by Gasteiger charge is -2.38. The molecule has 1 atom stereocenters. The molecule has 0 N–H and O–H groups in total. The van der Waals surface area contributed by atoms with Crippen molar-refractivity contribution in [1.82, 2.24) is 29.9 Å². The number of amides is 1. The maximum Gasteiger partial charge on any atom is 0.403 e. The van der Waals surface area contributed by atoms with Crippen LogP contribution in [0.25, 0.3) is 11.6 Å². The van der Waals surface area contributed by atoms with Crippen LogP contribution in [0.4, 0.5) is 13.2 Å². The lowest BCUT2D eigenvalue weighted by atomic mass is 10.2. The quantitative estimate of drug-likeness (QED) is 0.773. The molecule has 3 rings (SSSR count). The molecule has 11 heteroatoms. The van der Waals surface area contributed by atoms with Gasteiger partial charge in [0.05, 0.1) is 0 Å². The first-order valence-corrected chi connectivity index (χ1v) is 8.53. The van der Waals surface area contributed by atoms with E-state index in [1.165, 1.54) is 4.90 Å². The van der Waals surface area contributed by atoms with E-state index in [9.17, 15) is 18.0 Å². The highest BCUT2D eigenvalue weighted by molar-refractivity contribution is 5.76. The van der Waals surface area contributed by atoms with Gasteiger partial charge in [-0.2, -0.15) is 18.2 Å². The number of nitrogens with zero attached hydrogens (tertiary/aromatic N) is 6. The second kappa shape index (κ2) is 7.99. The Labute approximate surface area is 153 Å². The van der Waals surface area contributed by atoms with E-state index in [2.05, 4.69) is 20.1 Å². The van der Waals surface area contributed by atoms with E-state index >= 15 is 0 Å². The SMILES string of the molecule is CC(N1CCN(C(=O)CCc2nc(-c3ncccn3)no2)CC1)C(F)(F)F. The summed E-state index contributed by atoms with van der Waals surface area (Å²) in [5.41, 5.74) is 0. The van der Waals surface area contributed by atoms with Crippen LogP contribution >= 0.6 is 0 Å². The molecule has 0 aliphatic carbocycles. The Morgan fingerprint density at radius 2 is 1.85 bits per heavy atom. The summed E-state index contributed by atoms with van der Waals surface area (Å²) < 4.78 is 43.4. The summed E-state index contributed by atoms with van der Waals surface area (Å²) in [6, 6.07) is 0.157. The van der Waals surface area contributed by atoms with Gasteiger partial charge in [-0.25, -0.2) is 9.97 Å². The first-order chi connectivity index (χ1) is 12.8. The normalized spacial score (nSPS) is 17.1. The van der Waals surface area contributed by atoms with Gasteiger partial charge in [-0.1, -0.05) is 5.16 Å². The highest BCUT2D eigenvalue weighted by atomic mass is 19.4. The maximum atomic E-state index is 12.8. The molecule has 0 saturated carbocycles. The number of hydrogen-bond acceptors (Lipinski definition) is 7. The van der Waals surface area contributed by atoms with Gasteiger partial charge in [0.25, 0.3) is 0 Å². The zero-order valence-electron chi connectivity index (χ0n) is 14.7. The molecule has 0 aromatic carbocycles. The van der Waals surface area contributed by atoms with Crippen molar-refractivity contribution in [2.75, 3.05) is 26.2 Å². The van der Waals surface area contributed by atoms with Crippen molar-refractivity contribution >= 4 is 5.91 Å². The molecule has 1 aliphatic heterocycles. The molecule has 1 amide bonds. The molecule has 0 bridgehead atoms. The molecule has 1 unspecified atom stereocenters. The van der Waals surface area contributed by atoms with Crippen LogP contribution in [0.1, 0.15) is 19.2 Å². The van der Waals surface area contributed by atoms with Crippen molar-refractivity contribution in [2.24, 2.45) is 0 Å². The molecule has 146 valence electrons. The number of carbonyl (C=O) groups excluding carboxylic acids is 1. The number of alkyl halides is 3. The monoisotopic (exact) mass is 384 g/mol. The van der Waals surface area contributed by atoms with Crippen molar-refractivity contribution in [2.45, 2.75) is 32.0 Å². The van der Waals surface area contributed by atoms with Crippen molar-refractivity contribution in [3.05, 3.63) is 24.4 Å². The fourth-order valence-corrected chi connectivity index (χ4v) is 2.80. The molecule has 3 heterocycles. The van der Waals surface area contributed by atoms with Gasteiger partial charge in [0.15, 0.2) is 0 Å². The van der Waals surface area contributed by atoms with Crippen LogP contribution in [0.5, 0.6) is 0 Å². The lowest BCUT2D eigenvalue weighted by Crippen LogP contribution is -2.54. The summed E-state index contributed by atoms with van der Waals surface area (Å²) in [4.78, 5) is 27.4. The number of halogens is 3. The molecule has 0 radical (unpaired) electrons. The third-order valence-electron chi connectivity index (χ3n) is 4.47. The Bertz CT molecular complexity index is 759. The first kappa shape index (κ1) is 19.2. The molecular weight excluding hydrogens is 365 g/mol. The molecule has 0 spiro atoms. The average molecular weight is 384 g/mol. The van der Waals surface area contributed by atoms with Crippen molar-refractivity contribution < 1.29 is 22.5 Å². The summed E-state index contributed by atoms with van der Waals surface area (Å²) in [6.45, 7) is 2.07. The molecule has 2 aromatic heterocycles. The highest BCUT2D eigenvalue weighted by Crippen LogP contribution is 2.25. The second-order valence-corrected chi connectivity index (χ2v) is 6.22. The average Bonchev–Trinajstić information content (AvgIpc) is 3.15. The van der Waals surface area contributed by atoms with E-state index < -0.39 is 12.2 Å². The number of hydrogen-bond donors (Lipinski definition) is 0. The Morgan fingerprint density at radius 3 is 2.48 bits per heavy atom. The van der Waals surface area contributed by atoms with Gasteiger partial charge in [-0.05, 0) is 13.0 Å². The van der Waals surface area contributed by atoms with Crippen LogP contribution < -0.4 is 0 Å². The number of carbonyl (C=O) groups is 1. The summed E-state index contributed by atoms with van der Waals surface area (Å²) in [7, 11) is 0. The van der Waals surface area contributed by atoms with Crippen LogP contribution in [-0.2, 0) is 11.2 Å². The van der Waals surface area contributed by atoms with Crippen molar-refractivity contribution in [3.63, 3.8) is 0 Å². The minimum atomic E-state index is -4.26. The topological polar surface area (TPSA) is 88.2 Å². The molecule has 1 saturated heterocycles. The summed E-state index contributed by atoms with van der Waals surface area (Å²) in [5, 5.41) is 3.78. The van der Waals surface area contributed by atoms with E-state index in [1.54, 1.807) is 23.4 Å². The van der Waals surface area contributed by atoms with Crippen molar-refractivity contribution in [1.29, 1.82) is 0 Å². The zero-order valence-corrected chi connectivity index (χ0v) is 14.7. The fourth-order valence-electron chi connectivity index (χ4n) is 2.80. The molecule has 8 nitrogen and oxygen atoms in total. The number of aryl methyl sites for hydroxylation is 1. The molecule has 1 fully saturated rings. The number of piperazine rings is 1. The third-order valence-corrected chi connectivity index (χ3v) is 4.47. The lowest BCUT2D eigenvalue weighted by molar-refractivity contribution is -0.183. The van der Waals surface area contributed by atoms with Crippen LogP contribution in [0.15, 0.2) is 23.0 Å². The maximum absolute atomic E-state index is 12.8. The summed E-state index contributed by atoms with van der Waals surface area (Å²) >= 11 is 0. The van der Waals surface area contributed by atoms with Gasteiger partial charge in [0, 0.05) is 51.4 Å². The van der Waals surface area contributed by atoms with Crippen molar-refractivity contribution in [3.8, 4) is 11.6 Å². The Morgan fingerprint density at radius 1 is 1.19 bits per heavy atom. The van der Waals surface area contributed by atoms with Gasteiger partial charge in [-0.3, -0.25) is 9.69 Å². The minimum absolute atomic E-state index is 0.145. The van der Waals surface area contributed by atoms with Crippen LogP contribution in [0.2, 0.25) is 0 Å². The summed E-state index contributed by atoms with van der Waals surface area (Å²) in [5.74, 6) is 0.710. The molecular formula is C16H19F3N6O2.